The van der Waals surface area contributed by atoms with E-state index in [0.717, 1.165) is 6.07 Å². The second-order valence-electron chi connectivity index (χ2n) is 7.19. The Bertz CT molecular complexity index is 1240. The number of carbonyl (C=O) groups is 1. The molecule has 162 valence electrons. The molecule has 1 amide bonds. The van der Waals surface area contributed by atoms with E-state index in [1.807, 2.05) is 0 Å². The summed E-state index contributed by atoms with van der Waals surface area (Å²) in [7, 11) is -7.30. The van der Waals surface area contributed by atoms with Crippen LogP contribution in [0.2, 0.25) is 0 Å². The molecule has 0 radical (unpaired) electrons. The van der Waals surface area contributed by atoms with Gasteiger partial charge in [-0.15, -0.1) is 0 Å². The van der Waals surface area contributed by atoms with Crippen LogP contribution in [0.15, 0.2) is 12.3 Å². The van der Waals surface area contributed by atoms with Crippen molar-refractivity contribution in [3.05, 3.63) is 18.1 Å². The number of nitrogens with zero attached hydrogens (tertiary/aromatic N) is 3. The third-order valence-electron chi connectivity index (χ3n) is 5.05. The Kier molecular flexibility index (Phi) is 4.92. The van der Waals surface area contributed by atoms with Gasteiger partial charge in [0.2, 0.25) is 0 Å². The number of carbonyl (C=O) groups excluding carboxylic acids is 1. The SMILES string of the molecule is O=C1CN(c2c(O)cc3ncc(NCC4CCS(=O)(=O)CC4)nc3c2F)S(=O)(=O)N1. The minimum absolute atomic E-state index is 0.000981. The number of anilines is 2. The Morgan fingerprint density at radius 2 is 1.97 bits per heavy atom. The average Bonchev–Trinajstić information content (AvgIpc) is 2.93. The van der Waals surface area contributed by atoms with Gasteiger partial charge < -0.3 is 10.4 Å². The quantitative estimate of drug-likeness (QED) is 0.567. The van der Waals surface area contributed by atoms with Crippen molar-refractivity contribution in [2.75, 3.05) is 34.2 Å². The molecule has 4 rings (SSSR count). The maximum absolute atomic E-state index is 15.1. The molecule has 2 fully saturated rings. The molecule has 14 heteroatoms. The Hall–Kier alpha value is -2.74. The van der Waals surface area contributed by atoms with E-state index >= 15 is 4.39 Å². The number of halogens is 1. The van der Waals surface area contributed by atoms with Gasteiger partial charge in [0.15, 0.2) is 5.82 Å². The van der Waals surface area contributed by atoms with Gasteiger partial charge in [-0.2, -0.15) is 8.42 Å². The zero-order valence-corrected chi connectivity index (χ0v) is 17.1. The van der Waals surface area contributed by atoms with Gasteiger partial charge in [-0.05, 0) is 18.8 Å². The number of sulfone groups is 1. The Morgan fingerprint density at radius 1 is 1.27 bits per heavy atom. The molecule has 2 saturated heterocycles. The third kappa shape index (κ3) is 3.84. The summed E-state index contributed by atoms with van der Waals surface area (Å²) < 4.78 is 64.3. The number of aromatic hydroxyl groups is 1. The number of nitrogens with one attached hydrogen (secondary N) is 2. The van der Waals surface area contributed by atoms with Crippen LogP contribution < -0.4 is 14.3 Å². The van der Waals surface area contributed by atoms with E-state index in [0.29, 0.717) is 23.7 Å². The van der Waals surface area contributed by atoms with E-state index in [2.05, 4.69) is 15.3 Å². The second-order valence-corrected chi connectivity index (χ2v) is 11.1. The molecular formula is C16H18FN5O6S2. The number of amides is 1. The summed E-state index contributed by atoms with van der Waals surface area (Å²) in [5, 5.41) is 13.1. The first kappa shape index (κ1) is 20.5. The van der Waals surface area contributed by atoms with E-state index < -0.39 is 49.8 Å². The summed E-state index contributed by atoms with van der Waals surface area (Å²) in [5.74, 6) is -2.12. The Morgan fingerprint density at radius 3 is 2.60 bits per heavy atom. The van der Waals surface area contributed by atoms with Crippen molar-refractivity contribution in [3.8, 4) is 5.75 Å². The van der Waals surface area contributed by atoms with E-state index in [1.165, 1.54) is 6.20 Å². The summed E-state index contributed by atoms with van der Waals surface area (Å²) in [5.41, 5.74) is -0.975. The Balaban J connectivity index is 1.62. The summed E-state index contributed by atoms with van der Waals surface area (Å²) in [4.78, 5) is 19.6. The lowest BCUT2D eigenvalue weighted by Gasteiger charge is -2.22. The van der Waals surface area contributed by atoms with Gasteiger partial charge in [-0.25, -0.2) is 26.8 Å². The first-order valence-electron chi connectivity index (χ1n) is 9.01. The fraction of sp³-hybridized carbons (Fsp3) is 0.438. The van der Waals surface area contributed by atoms with Gasteiger partial charge in [-0.1, -0.05) is 0 Å². The van der Waals surface area contributed by atoms with Crippen LogP contribution in [-0.4, -0.2) is 62.4 Å². The van der Waals surface area contributed by atoms with Gasteiger partial charge in [0, 0.05) is 12.6 Å². The van der Waals surface area contributed by atoms with E-state index in [4.69, 9.17) is 0 Å². The first-order chi connectivity index (χ1) is 14.1. The van der Waals surface area contributed by atoms with Crippen molar-refractivity contribution in [2.45, 2.75) is 12.8 Å². The second kappa shape index (κ2) is 7.19. The first-order valence-corrected chi connectivity index (χ1v) is 12.3. The molecule has 2 aliphatic rings. The van der Waals surface area contributed by atoms with Crippen LogP contribution in [-0.2, 0) is 24.8 Å². The predicted octanol–water partition coefficient (Wildman–Crippen LogP) is -0.108. The van der Waals surface area contributed by atoms with Crippen molar-refractivity contribution in [3.63, 3.8) is 0 Å². The van der Waals surface area contributed by atoms with Gasteiger partial charge in [0.1, 0.15) is 39.2 Å². The maximum atomic E-state index is 15.1. The monoisotopic (exact) mass is 459 g/mol. The summed E-state index contributed by atoms with van der Waals surface area (Å²) in [6.45, 7) is -0.254. The minimum atomic E-state index is -4.33. The van der Waals surface area contributed by atoms with Gasteiger partial charge in [-0.3, -0.25) is 9.78 Å². The molecule has 1 aromatic carbocycles. The van der Waals surface area contributed by atoms with Gasteiger partial charge in [0.25, 0.3) is 5.91 Å². The number of phenols is 1. The molecule has 3 heterocycles. The van der Waals surface area contributed by atoms with Crippen molar-refractivity contribution in [1.82, 2.24) is 14.7 Å². The van der Waals surface area contributed by atoms with Crippen molar-refractivity contribution >= 4 is 48.5 Å². The van der Waals surface area contributed by atoms with Crippen LogP contribution in [0.1, 0.15) is 12.8 Å². The zero-order chi connectivity index (χ0) is 21.7. The summed E-state index contributed by atoms with van der Waals surface area (Å²) in [6, 6.07) is 1.06. The lowest BCUT2D eigenvalue weighted by atomic mass is 10.0. The highest BCUT2D eigenvalue weighted by molar-refractivity contribution is 7.92. The molecule has 30 heavy (non-hydrogen) atoms. The zero-order valence-electron chi connectivity index (χ0n) is 15.5. The molecule has 0 unspecified atom stereocenters. The van der Waals surface area contributed by atoms with Crippen LogP contribution in [0.25, 0.3) is 11.0 Å². The maximum Gasteiger partial charge on any atom is 0.326 e. The number of hydrogen-bond donors (Lipinski definition) is 3. The van der Waals surface area contributed by atoms with Crippen LogP contribution in [0.3, 0.4) is 0 Å². The molecule has 1 aromatic heterocycles. The van der Waals surface area contributed by atoms with E-state index in [-0.39, 0.29) is 34.3 Å². The van der Waals surface area contributed by atoms with Crippen LogP contribution >= 0.6 is 0 Å². The molecule has 11 nitrogen and oxygen atoms in total. The molecule has 0 spiro atoms. The molecule has 0 aliphatic carbocycles. The molecule has 3 N–H and O–H groups in total. The van der Waals surface area contributed by atoms with Gasteiger partial charge >= 0.3 is 10.2 Å². The predicted molar refractivity (Wildman–Crippen MR) is 105 cm³/mol. The standard InChI is InChI=1S/C16H18FN5O6S2/c17-14-15-10(5-11(23)16(14)22-8-13(24)21-30(22,27)28)18-7-12(20-15)19-6-9-1-3-29(25,26)4-2-9/h5,7,9,23H,1-4,6,8H2,(H,19,20)(H,21,24). The smallest absolute Gasteiger partial charge is 0.326 e. The molecule has 2 aliphatic heterocycles. The topological polar surface area (TPSA) is 159 Å². The highest BCUT2D eigenvalue weighted by Crippen LogP contribution is 2.37. The average molecular weight is 459 g/mol. The number of aromatic nitrogens is 2. The fourth-order valence-corrected chi connectivity index (χ4v) is 6.20. The number of hydrogen-bond acceptors (Lipinski definition) is 9. The van der Waals surface area contributed by atoms with Crippen LogP contribution in [0, 0.1) is 11.7 Å². The fourth-order valence-electron chi connectivity index (χ4n) is 3.45. The lowest BCUT2D eigenvalue weighted by Crippen LogP contribution is -2.30. The van der Waals surface area contributed by atoms with E-state index in [9.17, 15) is 26.7 Å². The highest BCUT2D eigenvalue weighted by atomic mass is 32.2. The summed E-state index contributed by atoms with van der Waals surface area (Å²) in [6.07, 6.45) is 2.35. The molecule has 0 atom stereocenters. The van der Waals surface area contributed by atoms with E-state index in [1.54, 1.807) is 4.72 Å². The van der Waals surface area contributed by atoms with Gasteiger partial charge in [0.05, 0.1) is 23.2 Å². The number of benzene rings is 1. The third-order valence-corrected chi connectivity index (χ3v) is 8.14. The highest BCUT2D eigenvalue weighted by Gasteiger charge is 2.38. The number of rotatable bonds is 4. The van der Waals surface area contributed by atoms with Crippen LogP contribution in [0.5, 0.6) is 5.75 Å². The van der Waals surface area contributed by atoms with Crippen molar-refractivity contribution < 1.29 is 31.1 Å². The largest absolute Gasteiger partial charge is 0.506 e. The normalized spacial score (nSPS) is 21.0. The minimum Gasteiger partial charge on any atom is -0.506 e. The Labute approximate surface area is 171 Å². The van der Waals surface area contributed by atoms with Crippen LogP contribution in [0.4, 0.5) is 15.9 Å². The lowest BCUT2D eigenvalue weighted by molar-refractivity contribution is -0.117. The molecular weight excluding hydrogens is 441 g/mol. The molecule has 2 aromatic rings. The summed E-state index contributed by atoms with van der Waals surface area (Å²) >= 11 is 0. The van der Waals surface area contributed by atoms with Crippen molar-refractivity contribution in [2.24, 2.45) is 5.92 Å². The molecule has 0 saturated carbocycles. The number of phenolic OH excluding ortho intramolecular Hbond substituents is 1. The number of fused-ring (bicyclic) bond motifs is 1. The van der Waals surface area contributed by atoms with Crippen molar-refractivity contribution in [1.29, 1.82) is 0 Å². The molecule has 0 bridgehead atoms.